The molecule has 5 amide bonds. The predicted octanol–water partition coefficient (Wildman–Crippen LogP) is 2.41. The number of aliphatic hydroxyl groups is 2. The highest BCUT2D eigenvalue weighted by Crippen LogP contribution is 2.24. The van der Waals surface area contributed by atoms with E-state index in [1.807, 2.05) is 0 Å². The molecule has 2 fully saturated rings. The summed E-state index contributed by atoms with van der Waals surface area (Å²) in [6.07, 6.45) is 8.21. The molecular formula is C45H61N5O12. The van der Waals surface area contributed by atoms with Crippen LogP contribution in [-0.2, 0) is 49.6 Å². The molecule has 0 aromatic heterocycles. The molecule has 0 spiro atoms. The molecule has 8 atom stereocenters. The largest absolute Gasteiger partial charge is 0.508 e. The second kappa shape index (κ2) is 23.7. The highest BCUT2D eigenvalue weighted by atomic mass is 16.7. The summed E-state index contributed by atoms with van der Waals surface area (Å²) in [6, 6.07) is 2.77. The van der Waals surface area contributed by atoms with Crippen molar-refractivity contribution in [3.05, 3.63) is 77.9 Å². The number of phenols is 1. The van der Waals surface area contributed by atoms with E-state index in [9.17, 15) is 48.9 Å². The molecule has 2 saturated heterocycles. The van der Waals surface area contributed by atoms with E-state index in [1.54, 1.807) is 58.1 Å². The zero-order chi connectivity index (χ0) is 45.5. The number of phenolic OH excluding ortho intramolecular Hbond substituents is 1. The van der Waals surface area contributed by atoms with Crippen LogP contribution in [0.4, 0.5) is 0 Å². The van der Waals surface area contributed by atoms with Gasteiger partial charge in [-0.05, 0) is 68.7 Å². The molecule has 338 valence electrons. The Morgan fingerprint density at radius 3 is 2.47 bits per heavy atom. The summed E-state index contributed by atoms with van der Waals surface area (Å²) in [5.41, 5.74) is 4.01. The summed E-state index contributed by atoms with van der Waals surface area (Å²) in [7, 11) is 0. The number of rotatable bonds is 9. The normalized spacial score (nSPS) is 29.0. The van der Waals surface area contributed by atoms with Crippen molar-refractivity contribution in [3.63, 3.8) is 0 Å². The van der Waals surface area contributed by atoms with E-state index in [2.05, 4.69) is 16.1 Å². The monoisotopic (exact) mass is 863 g/mol. The van der Waals surface area contributed by atoms with Crippen LogP contribution >= 0.6 is 0 Å². The molecule has 4 rings (SSSR count). The van der Waals surface area contributed by atoms with Gasteiger partial charge in [-0.15, -0.1) is 5.06 Å². The molecule has 0 saturated carbocycles. The number of fused-ring (bicyclic) bond motifs is 2. The molecule has 3 heterocycles. The standard InChI is InChI=1S/C45H61N5O12/c1-27(2)40-43(58)46-35(26-31-14-10-15-32(52)25-31)44(59)49-23-11-16-34(48-49)45(60)62-37(28(3)13-9-19-38(54)50-39(55)20-12-24-61-50)18-8-6-7-17-36(53)30(5)41(56)33(42(57)47-40)22-21-29(4)51/h6-10,13-15,17,19,25,27,30,33-37,40-41,48,52-53,56H,11-12,16,18,20-24,26H2,1-5H3,(H,46,58)(H,47,57)/b8-6+,17-7+,19-9+,28-13+/t30-,33+,34?,35-,36-,37-,40-,41+/m0/s1. The fourth-order valence-electron chi connectivity index (χ4n) is 7.24. The van der Waals surface area contributed by atoms with Gasteiger partial charge in [0.05, 0.1) is 24.7 Å². The number of aliphatic hydroxyl groups excluding tert-OH is 2. The number of allylic oxidation sites excluding steroid dienone is 4. The average molecular weight is 864 g/mol. The first kappa shape index (κ1) is 49.2. The number of carbonyl (C=O) groups is 7. The second-order valence-electron chi connectivity index (χ2n) is 16.4. The number of amides is 5. The maximum Gasteiger partial charge on any atom is 0.325 e. The van der Waals surface area contributed by atoms with Crippen LogP contribution in [0.3, 0.4) is 0 Å². The van der Waals surface area contributed by atoms with Crippen molar-refractivity contribution in [1.82, 2.24) is 26.1 Å². The molecule has 62 heavy (non-hydrogen) atoms. The third-order valence-electron chi connectivity index (χ3n) is 11.0. The van der Waals surface area contributed by atoms with E-state index in [0.717, 1.165) is 6.08 Å². The number of Topliss-reactive ketones (excluding diaryl/α,β-unsaturated/α-hetero) is 1. The smallest absolute Gasteiger partial charge is 0.325 e. The van der Waals surface area contributed by atoms with Gasteiger partial charge in [0.25, 0.3) is 17.7 Å². The Morgan fingerprint density at radius 2 is 1.77 bits per heavy atom. The number of hydrogen-bond donors (Lipinski definition) is 6. The number of ketones is 1. The molecule has 3 aliphatic heterocycles. The summed E-state index contributed by atoms with van der Waals surface area (Å²) in [4.78, 5) is 98.2. The third-order valence-corrected chi connectivity index (χ3v) is 11.0. The van der Waals surface area contributed by atoms with Crippen molar-refractivity contribution in [3.8, 4) is 5.75 Å². The number of aromatic hydroxyl groups is 1. The highest BCUT2D eigenvalue weighted by molar-refractivity contribution is 6.00. The predicted molar refractivity (Wildman–Crippen MR) is 226 cm³/mol. The number of carbonyl (C=O) groups excluding carboxylic acids is 7. The summed E-state index contributed by atoms with van der Waals surface area (Å²) >= 11 is 0. The third kappa shape index (κ3) is 14.3. The van der Waals surface area contributed by atoms with Crippen molar-refractivity contribution in [1.29, 1.82) is 0 Å². The second-order valence-corrected chi connectivity index (χ2v) is 16.4. The Morgan fingerprint density at radius 1 is 1.02 bits per heavy atom. The van der Waals surface area contributed by atoms with E-state index in [1.165, 1.54) is 42.3 Å². The van der Waals surface area contributed by atoms with Crippen molar-refractivity contribution in [2.24, 2.45) is 17.8 Å². The molecule has 1 aromatic carbocycles. The Labute approximate surface area is 362 Å². The van der Waals surface area contributed by atoms with Crippen molar-refractivity contribution >= 4 is 41.3 Å². The van der Waals surface area contributed by atoms with Gasteiger partial charge in [0, 0.05) is 44.2 Å². The number of hydrazine groups is 1. The molecular weight excluding hydrogens is 803 g/mol. The first-order chi connectivity index (χ1) is 29.5. The van der Waals surface area contributed by atoms with Crippen LogP contribution in [0, 0.1) is 17.8 Å². The summed E-state index contributed by atoms with van der Waals surface area (Å²) < 4.78 is 6.01. The molecule has 6 N–H and O–H groups in total. The molecule has 3 aliphatic rings. The molecule has 1 unspecified atom stereocenters. The molecule has 0 radical (unpaired) electrons. The summed E-state index contributed by atoms with van der Waals surface area (Å²) in [5.74, 6) is -6.69. The number of nitrogens with zero attached hydrogens (tertiary/aromatic N) is 2. The quantitative estimate of drug-likeness (QED) is 0.119. The molecule has 2 bridgehead atoms. The van der Waals surface area contributed by atoms with Gasteiger partial charge in [-0.1, -0.05) is 69.4 Å². The number of imide groups is 1. The van der Waals surface area contributed by atoms with Crippen molar-refractivity contribution in [2.75, 3.05) is 13.2 Å². The molecule has 0 aliphatic carbocycles. The van der Waals surface area contributed by atoms with Gasteiger partial charge in [-0.25, -0.2) is 5.43 Å². The van der Waals surface area contributed by atoms with Crippen molar-refractivity contribution in [2.45, 2.75) is 122 Å². The maximum atomic E-state index is 14.3. The van der Waals surface area contributed by atoms with E-state index >= 15 is 0 Å². The molecule has 17 nitrogen and oxygen atoms in total. The van der Waals surface area contributed by atoms with E-state index < -0.39 is 89.7 Å². The minimum Gasteiger partial charge on any atom is -0.508 e. The number of esters is 1. The molecule has 1 aromatic rings. The fraction of sp³-hybridized carbons (Fsp3) is 0.533. The maximum absolute atomic E-state index is 14.3. The zero-order valence-electron chi connectivity index (χ0n) is 36.0. The Hall–Kier alpha value is -5.49. The SMILES string of the molecule is CC(=O)CC[C@H]1C(=O)N[C@@H](C(C)C)C(=O)N[C@@H](Cc2cccc(O)c2)C(=O)N2CCCC(N2)C(=O)O[C@H](/C(C)=C/C=C/C(=O)N2OCCCC2=O)C/C=C/C=C/[C@H](O)[C@H](C)[C@H]1O. The zero-order valence-corrected chi connectivity index (χ0v) is 36.0. The van der Waals surface area contributed by atoms with Crippen LogP contribution in [0.5, 0.6) is 5.75 Å². The van der Waals surface area contributed by atoms with Crippen molar-refractivity contribution < 1.29 is 58.5 Å². The first-order valence-corrected chi connectivity index (χ1v) is 21.2. The lowest BCUT2D eigenvalue weighted by atomic mass is 9.84. The van der Waals surface area contributed by atoms with Gasteiger partial charge in [-0.2, -0.15) is 0 Å². The Kier molecular flexibility index (Phi) is 18.8. The van der Waals surface area contributed by atoms with Gasteiger partial charge in [0.1, 0.15) is 35.8 Å². The number of hydroxylamine groups is 2. The van der Waals surface area contributed by atoms with Crippen LogP contribution in [0.1, 0.15) is 85.1 Å². The molecule has 17 heteroatoms. The minimum absolute atomic E-state index is 0.0440. The van der Waals surface area contributed by atoms with Gasteiger partial charge in [-0.3, -0.25) is 38.6 Å². The minimum atomic E-state index is -1.44. The topological polar surface area (TPSA) is 241 Å². The summed E-state index contributed by atoms with van der Waals surface area (Å²) in [6.45, 7) is 8.41. The lowest BCUT2D eigenvalue weighted by molar-refractivity contribution is -0.200. The number of nitrogens with one attached hydrogen (secondary N) is 3. The highest BCUT2D eigenvalue weighted by Gasteiger charge is 2.39. The summed E-state index contributed by atoms with van der Waals surface area (Å²) in [5, 5.41) is 40.2. The lowest BCUT2D eigenvalue weighted by Crippen LogP contribution is -2.62. The van der Waals surface area contributed by atoms with E-state index in [4.69, 9.17) is 9.57 Å². The fourth-order valence-corrected chi connectivity index (χ4v) is 7.24. The van der Waals surface area contributed by atoms with E-state index in [0.29, 0.717) is 35.5 Å². The Bertz CT molecular complexity index is 1910. The Balaban J connectivity index is 1.70. The van der Waals surface area contributed by atoms with Crippen LogP contribution in [0.2, 0.25) is 0 Å². The number of hydrogen-bond acceptors (Lipinski definition) is 13. The van der Waals surface area contributed by atoms with Gasteiger partial charge < -0.3 is 35.5 Å². The van der Waals surface area contributed by atoms with Crippen LogP contribution in [0.15, 0.2) is 72.4 Å². The van der Waals surface area contributed by atoms with Crippen LogP contribution in [0.25, 0.3) is 0 Å². The number of cyclic esters (lactones) is 1. The lowest BCUT2D eigenvalue weighted by Gasteiger charge is -2.36. The number of ether oxygens (including phenoxy) is 1. The van der Waals surface area contributed by atoms with Gasteiger partial charge in [0.15, 0.2) is 0 Å². The van der Waals surface area contributed by atoms with Gasteiger partial charge in [0.2, 0.25) is 11.8 Å². The van der Waals surface area contributed by atoms with Gasteiger partial charge >= 0.3 is 5.97 Å². The first-order valence-electron chi connectivity index (χ1n) is 21.2. The van der Waals surface area contributed by atoms with Crippen LogP contribution < -0.4 is 16.1 Å². The number of benzene rings is 1. The van der Waals surface area contributed by atoms with Crippen LogP contribution in [-0.4, -0.2) is 116 Å². The average Bonchev–Trinajstić information content (AvgIpc) is 3.23. The van der Waals surface area contributed by atoms with E-state index in [-0.39, 0.29) is 56.8 Å².